The molecule has 0 aromatic heterocycles. The number of hydrogen-bond acceptors (Lipinski definition) is 3. The number of carbonyl (C=O) groups excluding carboxylic acids is 1. The molecule has 1 spiro atoms. The molecule has 1 saturated carbocycles. The van der Waals surface area contributed by atoms with Gasteiger partial charge >= 0.3 is 0 Å². The summed E-state index contributed by atoms with van der Waals surface area (Å²) in [5, 5.41) is 14.3. The van der Waals surface area contributed by atoms with Crippen molar-refractivity contribution in [2.24, 2.45) is 5.92 Å². The first-order valence-corrected chi connectivity index (χ1v) is 8.84. The molecule has 1 aliphatic carbocycles. The summed E-state index contributed by atoms with van der Waals surface area (Å²) in [7, 11) is 1.70. The molecule has 1 aliphatic heterocycles. The third-order valence-electron chi connectivity index (χ3n) is 4.83. The summed E-state index contributed by atoms with van der Waals surface area (Å²) in [5.74, 6) is 0.347. The molecule has 1 fully saturated rings. The lowest BCUT2D eigenvalue weighted by Gasteiger charge is -2.37. The van der Waals surface area contributed by atoms with Crippen LogP contribution in [0.3, 0.4) is 0 Å². The molecule has 0 saturated heterocycles. The second-order valence-corrected chi connectivity index (χ2v) is 7.61. The van der Waals surface area contributed by atoms with Gasteiger partial charge in [0.1, 0.15) is 5.76 Å². The number of aliphatic hydroxyl groups excluding tert-OH is 1. The molecule has 0 bridgehead atoms. The van der Waals surface area contributed by atoms with Gasteiger partial charge in [-0.25, -0.2) is 0 Å². The lowest BCUT2D eigenvalue weighted by molar-refractivity contribution is -0.116. The zero-order valence-corrected chi connectivity index (χ0v) is 15.2. The first-order valence-electron chi connectivity index (χ1n) is 7.67. The van der Waals surface area contributed by atoms with Crippen LogP contribution in [0.5, 0.6) is 0 Å². The van der Waals surface area contributed by atoms with Gasteiger partial charge in [-0.05, 0) is 49.8 Å². The molecule has 3 rings (SSSR count). The number of ether oxygens (including phenoxy) is 1. The largest absolute Gasteiger partial charge is 0.509 e. The minimum absolute atomic E-state index is 0.123. The van der Waals surface area contributed by atoms with Crippen molar-refractivity contribution in [3.63, 3.8) is 0 Å². The van der Waals surface area contributed by atoms with Crippen LogP contribution in [0, 0.1) is 5.92 Å². The van der Waals surface area contributed by atoms with Gasteiger partial charge < -0.3 is 15.2 Å². The van der Waals surface area contributed by atoms with E-state index in [4.69, 9.17) is 16.3 Å². The molecular weight excluding hydrogens is 382 g/mol. The number of hydrogen-bond donors (Lipinski definition) is 2. The van der Waals surface area contributed by atoms with Crippen LogP contribution in [0.4, 0.5) is 0 Å². The Bertz CT molecular complexity index is 666. The molecule has 4 nitrogen and oxygen atoms in total. The molecule has 2 aliphatic rings. The molecular formula is C17H19BrClNO3. The van der Waals surface area contributed by atoms with Crippen molar-refractivity contribution < 1.29 is 14.6 Å². The third-order valence-corrected chi connectivity index (χ3v) is 5.65. The van der Waals surface area contributed by atoms with Crippen molar-refractivity contribution in [2.45, 2.75) is 31.2 Å². The minimum Gasteiger partial charge on any atom is -0.509 e. The van der Waals surface area contributed by atoms with E-state index in [0.29, 0.717) is 34.9 Å². The highest BCUT2D eigenvalue weighted by molar-refractivity contribution is 9.10. The lowest BCUT2D eigenvalue weighted by atomic mass is 9.76. The number of carbonyl (C=O) groups is 1. The fourth-order valence-electron chi connectivity index (χ4n) is 3.56. The standard InChI is InChI=1S/C17H19BrClNO3/c1-23-9-10-4-6-17(7-5-10)15(21)14(16(22)20-17)12-8-11(18)2-3-13(12)19/h2-3,8,10,21H,4-7,9H2,1H3,(H,20,22)/t10-,17-. The molecule has 0 unspecified atom stereocenters. The van der Waals surface area contributed by atoms with Crippen molar-refractivity contribution >= 4 is 39.0 Å². The quantitative estimate of drug-likeness (QED) is 0.804. The number of amides is 1. The fraction of sp³-hybridized carbons (Fsp3) is 0.471. The van der Waals surface area contributed by atoms with Gasteiger partial charge in [0.15, 0.2) is 0 Å². The minimum atomic E-state index is -0.650. The summed E-state index contributed by atoms with van der Waals surface area (Å²) in [6.45, 7) is 0.721. The Hall–Kier alpha value is -1.04. The third kappa shape index (κ3) is 3.02. The zero-order valence-electron chi connectivity index (χ0n) is 12.9. The molecule has 1 heterocycles. The Morgan fingerprint density at radius 2 is 2.13 bits per heavy atom. The van der Waals surface area contributed by atoms with E-state index in [9.17, 15) is 9.90 Å². The summed E-state index contributed by atoms with van der Waals surface area (Å²) < 4.78 is 6.03. The lowest BCUT2D eigenvalue weighted by Crippen LogP contribution is -2.47. The van der Waals surface area contributed by atoms with Crippen LogP contribution in [0.1, 0.15) is 31.2 Å². The van der Waals surface area contributed by atoms with Gasteiger partial charge in [0.2, 0.25) is 0 Å². The predicted octanol–water partition coefficient (Wildman–Crippen LogP) is 4.08. The second-order valence-electron chi connectivity index (χ2n) is 6.28. The van der Waals surface area contributed by atoms with E-state index in [0.717, 1.165) is 23.9 Å². The van der Waals surface area contributed by atoms with Gasteiger partial charge in [0, 0.05) is 28.8 Å². The van der Waals surface area contributed by atoms with E-state index in [1.54, 1.807) is 19.2 Å². The van der Waals surface area contributed by atoms with Crippen molar-refractivity contribution in [1.82, 2.24) is 5.32 Å². The summed E-state index contributed by atoms with van der Waals surface area (Å²) in [6, 6.07) is 5.29. The molecule has 23 heavy (non-hydrogen) atoms. The molecule has 0 radical (unpaired) electrons. The van der Waals surface area contributed by atoms with E-state index in [1.807, 2.05) is 6.07 Å². The highest BCUT2D eigenvalue weighted by Gasteiger charge is 2.48. The van der Waals surface area contributed by atoms with Gasteiger partial charge in [-0.2, -0.15) is 0 Å². The average Bonchev–Trinajstić information content (AvgIpc) is 2.76. The van der Waals surface area contributed by atoms with Gasteiger partial charge in [-0.15, -0.1) is 0 Å². The normalized spacial score (nSPS) is 27.6. The summed E-state index contributed by atoms with van der Waals surface area (Å²) >= 11 is 9.62. The number of aliphatic hydroxyl groups is 1. The van der Waals surface area contributed by atoms with Crippen LogP contribution in [0.15, 0.2) is 28.4 Å². The molecule has 2 N–H and O–H groups in total. The van der Waals surface area contributed by atoms with E-state index < -0.39 is 5.54 Å². The van der Waals surface area contributed by atoms with Crippen LogP contribution in [-0.2, 0) is 9.53 Å². The van der Waals surface area contributed by atoms with Crippen molar-refractivity contribution in [3.05, 3.63) is 39.0 Å². The van der Waals surface area contributed by atoms with Crippen LogP contribution < -0.4 is 5.32 Å². The maximum Gasteiger partial charge on any atom is 0.256 e. The van der Waals surface area contributed by atoms with Gasteiger partial charge in [0.25, 0.3) is 5.91 Å². The van der Waals surface area contributed by atoms with Gasteiger partial charge in [-0.1, -0.05) is 27.5 Å². The second kappa shape index (κ2) is 6.46. The topological polar surface area (TPSA) is 58.6 Å². The Balaban J connectivity index is 1.94. The number of nitrogens with one attached hydrogen (secondary N) is 1. The molecule has 1 aromatic rings. The molecule has 1 aromatic carbocycles. The molecule has 6 heteroatoms. The Labute approximate surface area is 149 Å². The monoisotopic (exact) mass is 399 g/mol. The number of benzene rings is 1. The van der Waals surface area contributed by atoms with E-state index in [1.165, 1.54) is 0 Å². The average molecular weight is 401 g/mol. The molecule has 0 atom stereocenters. The maximum atomic E-state index is 12.5. The summed E-state index contributed by atoms with van der Waals surface area (Å²) in [5.41, 5.74) is 0.205. The highest BCUT2D eigenvalue weighted by Crippen LogP contribution is 2.44. The van der Waals surface area contributed by atoms with Crippen molar-refractivity contribution in [2.75, 3.05) is 13.7 Å². The van der Waals surface area contributed by atoms with Gasteiger partial charge in [-0.3, -0.25) is 4.79 Å². The van der Waals surface area contributed by atoms with E-state index >= 15 is 0 Å². The number of halogens is 2. The smallest absolute Gasteiger partial charge is 0.256 e. The number of methoxy groups -OCH3 is 1. The highest BCUT2D eigenvalue weighted by atomic mass is 79.9. The van der Waals surface area contributed by atoms with E-state index in [-0.39, 0.29) is 11.7 Å². The van der Waals surface area contributed by atoms with Crippen LogP contribution in [-0.4, -0.2) is 30.3 Å². The Morgan fingerprint density at radius 3 is 2.78 bits per heavy atom. The van der Waals surface area contributed by atoms with Crippen molar-refractivity contribution in [3.8, 4) is 0 Å². The van der Waals surface area contributed by atoms with Crippen LogP contribution in [0.25, 0.3) is 5.57 Å². The van der Waals surface area contributed by atoms with Crippen LogP contribution in [0.2, 0.25) is 5.02 Å². The number of rotatable bonds is 3. The Morgan fingerprint density at radius 1 is 1.43 bits per heavy atom. The first-order chi connectivity index (χ1) is 11.0. The molecule has 1 amide bonds. The predicted molar refractivity (Wildman–Crippen MR) is 93.4 cm³/mol. The SMILES string of the molecule is COC[C@H]1CC[C@@]2(CC1)NC(=O)C(c1cc(Br)ccc1Cl)=C2O. The fourth-order valence-corrected chi connectivity index (χ4v) is 4.13. The summed E-state index contributed by atoms with van der Waals surface area (Å²) in [6.07, 6.45) is 3.26. The Kier molecular flexibility index (Phi) is 4.72. The molecule has 124 valence electrons. The first kappa shape index (κ1) is 16.8. The van der Waals surface area contributed by atoms with E-state index in [2.05, 4.69) is 21.2 Å². The van der Waals surface area contributed by atoms with Crippen LogP contribution >= 0.6 is 27.5 Å². The summed E-state index contributed by atoms with van der Waals surface area (Å²) in [4.78, 5) is 12.5. The van der Waals surface area contributed by atoms with Crippen molar-refractivity contribution in [1.29, 1.82) is 0 Å². The van der Waals surface area contributed by atoms with Gasteiger partial charge in [0.05, 0.1) is 11.1 Å². The maximum absolute atomic E-state index is 12.5. The zero-order chi connectivity index (χ0) is 16.6.